The number of fused-ring (bicyclic) bond motifs is 2. The Labute approximate surface area is 145 Å². The molecule has 3 rings (SSSR count). The molecule has 1 aromatic rings. The number of carbonyl (C=O) groups is 1. The average molecular weight is 330 g/mol. The third kappa shape index (κ3) is 4.17. The summed E-state index contributed by atoms with van der Waals surface area (Å²) in [5.74, 6) is 0.691. The smallest absolute Gasteiger partial charge is 0.222 e. The fraction of sp³-hybridized carbons (Fsp3) is 0.650. The van der Waals surface area contributed by atoms with Crippen molar-refractivity contribution in [2.45, 2.75) is 64.1 Å². The van der Waals surface area contributed by atoms with E-state index in [9.17, 15) is 9.90 Å². The Morgan fingerprint density at radius 1 is 1.25 bits per heavy atom. The first-order valence-corrected chi connectivity index (χ1v) is 9.33. The fourth-order valence-electron chi connectivity index (χ4n) is 4.23. The highest BCUT2D eigenvalue weighted by molar-refractivity contribution is 5.76. The number of nitrogens with zero attached hydrogens (tertiary/aromatic N) is 1. The molecule has 4 heteroatoms. The van der Waals surface area contributed by atoms with E-state index >= 15 is 0 Å². The van der Waals surface area contributed by atoms with Crippen molar-refractivity contribution < 1.29 is 9.90 Å². The average Bonchev–Trinajstić information content (AvgIpc) is 2.91. The number of aryl methyl sites for hydroxylation is 1. The molecule has 2 aliphatic heterocycles. The van der Waals surface area contributed by atoms with Crippen molar-refractivity contribution in [3.63, 3.8) is 0 Å². The van der Waals surface area contributed by atoms with E-state index in [2.05, 4.69) is 5.32 Å². The first kappa shape index (κ1) is 17.4. The zero-order chi connectivity index (χ0) is 17.1. The second-order valence-electron chi connectivity index (χ2n) is 7.54. The number of benzene rings is 1. The second kappa shape index (κ2) is 7.66. The van der Waals surface area contributed by atoms with Crippen molar-refractivity contribution in [1.29, 1.82) is 0 Å². The molecular formula is C20H30N2O2. The summed E-state index contributed by atoms with van der Waals surface area (Å²) in [4.78, 5) is 14.5. The maximum atomic E-state index is 12.7. The van der Waals surface area contributed by atoms with Crippen LogP contribution in [0.5, 0.6) is 0 Å². The molecule has 132 valence electrons. The lowest BCUT2D eigenvalue weighted by Crippen LogP contribution is -2.41. The quantitative estimate of drug-likeness (QED) is 0.843. The molecule has 3 atom stereocenters. The van der Waals surface area contributed by atoms with Crippen molar-refractivity contribution in [2.75, 3.05) is 13.1 Å². The van der Waals surface area contributed by atoms with Gasteiger partial charge >= 0.3 is 0 Å². The first-order chi connectivity index (χ1) is 11.5. The van der Waals surface area contributed by atoms with Gasteiger partial charge in [-0.3, -0.25) is 4.79 Å². The molecule has 2 bridgehead atoms. The monoisotopic (exact) mass is 330 g/mol. The minimum atomic E-state index is -0.612. The van der Waals surface area contributed by atoms with Crippen LogP contribution in [0.25, 0.3) is 0 Å². The van der Waals surface area contributed by atoms with Gasteiger partial charge < -0.3 is 15.3 Å². The van der Waals surface area contributed by atoms with Crippen LogP contribution >= 0.6 is 0 Å². The zero-order valence-corrected chi connectivity index (χ0v) is 14.9. The number of piperidine rings is 1. The standard InChI is InChI=1S/C20H30N2O2/c1-3-22(13-19(23)16-6-4-14(2)5-7-16)20(24)12-15-10-17-8-9-18(11-15)21-17/h4-7,15,17-19,21,23H,3,8-13H2,1-2H3. The van der Waals surface area contributed by atoms with Crippen LogP contribution in [0.3, 0.4) is 0 Å². The summed E-state index contributed by atoms with van der Waals surface area (Å²) >= 11 is 0. The van der Waals surface area contributed by atoms with Crippen molar-refractivity contribution in [3.05, 3.63) is 35.4 Å². The number of hydrogen-bond acceptors (Lipinski definition) is 3. The molecule has 0 radical (unpaired) electrons. The Morgan fingerprint density at radius 3 is 2.46 bits per heavy atom. The summed E-state index contributed by atoms with van der Waals surface area (Å²) in [5, 5.41) is 14.1. The molecule has 2 aliphatic rings. The summed E-state index contributed by atoms with van der Waals surface area (Å²) in [5.41, 5.74) is 2.06. The number of likely N-dealkylation sites (N-methyl/N-ethyl adjacent to an activating group) is 1. The van der Waals surface area contributed by atoms with Crippen molar-refractivity contribution in [3.8, 4) is 0 Å². The van der Waals surface area contributed by atoms with Crippen molar-refractivity contribution in [2.24, 2.45) is 5.92 Å². The SMILES string of the molecule is CCN(CC(O)c1ccc(C)cc1)C(=O)CC1CC2CCC(C1)N2. The third-order valence-electron chi connectivity index (χ3n) is 5.62. The highest BCUT2D eigenvalue weighted by atomic mass is 16.3. The molecule has 0 aliphatic carbocycles. The number of aliphatic hydroxyl groups is 1. The van der Waals surface area contributed by atoms with Crippen LogP contribution in [0, 0.1) is 12.8 Å². The van der Waals surface area contributed by atoms with Gasteiger partial charge in [0.1, 0.15) is 0 Å². The van der Waals surface area contributed by atoms with Crippen molar-refractivity contribution >= 4 is 5.91 Å². The molecule has 1 amide bonds. The maximum Gasteiger partial charge on any atom is 0.222 e. The Balaban J connectivity index is 1.54. The van der Waals surface area contributed by atoms with Crippen LogP contribution in [0.1, 0.15) is 56.3 Å². The lowest BCUT2D eigenvalue weighted by Gasteiger charge is -2.31. The van der Waals surface area contributed by atoms with Crippen LogP contribution in [0.4, 0.5) is 0 Å². The number of aliphatic hydroxyl groups excluding tert-OH is 1. The lowest BCUT2D eigenvalue weighted by molar-refractivity contribution is -0.133. The van der Waals surface area contributed by atoms with Crippen LogP contribution in [0.2, 0.25) is 0 Å². The summed E-state index contributed by atoms with van der Waals surface area (Å²) in [7, 11) is 0. The summed E-state index contributed by atoms with van der Waals surface area (Å²) in [6.07, 6.45) is 4.79. The summed E-state index contributed by atoms with van der Waals surface area (Å²) in [6, 6.07) is 9.14. The highest BCUT2D eigenvalue weighted by Crippen LogP contribution is 2.33. The zero-order valence-electron chi connectivity index (χ0n) is 14.9. The van der Waals surface area contributed by atoms with E-state index in [-0.39, 0.29) is 5.91 Å². The second-order valence-corrected chi connectivity index (χ2v) is 7.54. The normalized spacial score (nSPS) is 27.0. The van der Waals surface area contributed by atoms with E-state index in [0.717, 1.165) is 18.4 Å². The number of rotatable bonds is 6. The number of amides is 1. The molecule has 2 heterocycles. The van der Waals surface area contributed by atoms with E-state index in [4.69, 9.17) is 0 Å². The van der Waals surface area contributed by atoms with E-state index in [1.807, 2.05) is 43.0 Å². The molecule has 2 fully saturated rings. The molecule has 0 spiro atoms. The van der Waals surface area contributed by atoms with E-state index in [1.165, 1.54) is 18.4 Å². The van der Waals surface area contributed by atoms with Gasteiger partial charge in [0, 0.05) is 25.0 Å². The Hall–Kier alpha value is -1.39. The predicted molar refractivity (Wildman–Crippen MR) is 95.7 cm³/mol. The van der Waals surface area contributed by atoms with Gasteiger partial charge in [-0.05, 0) is 51.0 Å². The fourth-order valence-corrected chi connectivity index (χ4v) is 4.23. The maximum absolute atomic E-state index is 12.7. The third-order valence-corrected chi connectivity index (χ3v) is 5.62. The van der Waals surface area contributed by atoms with Gasteiger partial charge in [0.05, 0.1) is 12.6 Å². The molecule has 2 N–H and O–H groups in total. The minimum absolute atomic E-state index is 0.190. The number of carbonyl (C=O) groups excluding carboxylic acids is 1. The molecule has 1 aromatic carbocycles. The van der Waals surface area contributed by atoms with Gasteiger partial charge in [-0.2, -0.15) is 0 Å². The molecule has 0 aromatic heterocycles. The molecule has 3 unspecified atom stereocenters. The van der Waals surface area contributed by atoms with Gasteiger partial charge in [0.2, 0.25) is 5.91 Å². The highest BCUT2D eigenvalue weighted by Gasteiger charge is 2.34. The number of nitrogens with one attached hydrogen (secondary N) is 1. The largest absolute Gasteiger partial charge is 0.387 e. The Bertz CT molecular complexity index is 545. The van der Waals surface area contributed by atoms with Gasteiger partial charge in [-0.1, -0.05) is 29.8 Å². The molecule has 0 saturated carbocycles. The molecular weight excluding hydrogens is 300 g/mol. The van der Waals surface area contributed by atoms with Crippen LogP contribution in [-0.4, -0.2) is 41.1 Å². The first-order valence-electron chi connectivity index (χ1n) is 9.33. The Morgan fingerprint density at radius 2 is 1.88 bits per heavy atom. The van der Waals surface area contributed by atoms with Gasteiger partial charge in [-0.25, -0.2) is 0 Å². The molecule has 24 heavy (non-hydrogen) atoms. The van der Waals surface area contributed by atoms with E-state index < -0.39 is 6.10 Å². The van der Waals surface area contributed by atoms with Gasteiger partial charge in [-0.15, -0.1) is 0 Å². The predicted octanol–water partition coefficient (Wildman–Crippen LogP) is 2.80. The van der Waals surface area contributed by atoms with Crippen LogP contribution < -0.4 is 5.32 Å². The van der Waals surface area contributed by atoms with E-state index in [0.29, 0.717) is 37.5 Å². The summed E-state index contributed by atoms with van der Waals surface area (Å²) in [6.45, 7) is 5.06. The molecule has 2 saturated heterocycles. The van der Waals surface area contributed by atoms with Crippen LogP contribution in [0.15, 0.2) is 24.3 Å². The van der Waals surface area contributed by atoms with Crippen LogP contribution in [-0.2, 0) is 4.79 Å². The summed E-state index contributed by atoms with van der Waals surface area (Å²) < 4.78 is 0. The van der Waals surface area contributed by atoms with Gasteiger partial charge in [0.25, 0.3) is 0 Å². The lowest BCUT2D eigenvalue weighted by atomic mass is 9.89. The number of hydrogen-bond donors (Lipinski definition) is 2. The minimum Gasteiger partial charge on any atom is -0.387 e. The van der Waals surface area contributed by atoms with Crippen molar-refractivity contribution in [1.82, 2.24) is 10.2 Å². The van der Waals surface area contributed by atoms with E-state index in [1.54, 1.807) is 0 Å². The molecule has 4 nitrogen and oxygen atoms in total. The van der Waals surface area contributed by atoms with Gasteiger partial charge in [0.15, 0.2) is 0 Å². The topological polar surface area (TPSA) is 52.6 Å². The Kier molecular flexibility index (Phi) is 5.57.